The van der Waals surface area contributed by atoms with Gasteiger partial charge in [-0.25, -0.2) is 0 Å². The van der Waals surface area contributed by atoms with Crippen LogP contribution in [0.1, 0.15) is 416 Å². The number of phosphoric ester groups is 1. The molecular formula is C105H171O7P2-3. The standard InChI is InChI=1S/C105H174O7P2/c1-85(2)43-23-44-86(3)45-24-46-87(4)47-25-48-88(5)49-26-50-89(6)51-27-52-90(7)53-28-54-91(8)55-29-56-92(9)57-30-58-93(10)59-31-60-94(11)61-32-62-95(12)63-33-64-96(13)65-34-66-97(14)67-35-68-98(15)69-36-70-99(16)71-37-72-100(17)73-38-74-101(18)75-39-76-102(19)77-40-78-103(20)79-41-80-104(21)81-42-82-105(22)83-84-111-114(109,110)112-113(106,107)108/h43,45,47,49,51,53,55,57,59,61,63,65,67,69,71,73,75,77,79,81,105H,23-42,44,46,48,50,52,54,56,58,60,62,64,66,68,70,72,74,76,78,80,82-84H2,1-22H3,(H,109,110)(H2,106,107,108)/p-3/b86-45+,87-47+,88-49-,89-51-,90-53-,91-55-,92-57-,93-59-,94-61-,95-63-,96-65-,97-67-,98-69-,99-71-,100-73-,101-75-,102-77-,103-79-,104-81-. The van der Waals surface area contributed by atoms with Crippen molar-refractivity contribution in [3.8, 4) is 0 Å². The van der Waals surface area contributed by atoms with Crippen molar-refractivity contribution in [2.75, 3.05) is 6.61 Å². The smallest absolute Gasteiger partial charge is 0.271 e. The molecule has 0 N–H and O–H groups in total. The minimum Gasteiger partial charge on any atom is -0.790 e. The van der Waals surface area contributed by atoms with Gasteiger partial charge < -0.3 is 23.8 Å². The fraction of sp³-hybridized carbons (Fsp3) is 0.619. The van der Waals surface area contributed by atoms with Gasteiger partial charge in [0.1, 0.15) is 0 Å². The van der Waals surface area contributed by atoms with Gasteiger partial charge in [-0.2, -0.15) is 0 Å². The van der Waals surface area contributed by atoms with Gasteiger partial charge in [0.2, 0.25) is 0 Å². The Morgan fingerprint density at radius 3 is 0.482 bits per heavy atom. The van der Waals surface area contributed by atoms with Gasteiger partial charge in [0.05, 0.1) is 14.4 Å². The van der Waals surface area contributed by atoms with Crippen LogP contribution in [0.4, 0.5) is 0 Å². The highest BCUT2D eigenvalue weighted by Gasteiger charge is 2.13. The SMILES string of the molecule is CC(C)=CCC/C(C)=C/CC/C(C)=C/CC/C(C)=C\CC/C(C)=C\CC/C(C)=C\CC/C(C)=C\CC/C(C)=C\CC/C(C)=C\CC/C(C)=C\CC/C(C)=C\CC/C(C)=C\CC/C(C)=C\CC/C(C)=C\CC/C(C)=C\CC/C(C)=C\CC/C(C)=C\CC/C(C)=C\CC/C(C)=C\CC/C(C)=C\CCC(C)CCOP(=O)([O-])OP(=O)([O-])[O-]. The predicted octanol–water partition coefficient (Wildman–Crippen LogP) is 33.9. The summed E-state index contributed by atoms with van der Waals surface area (Å²) in [6.07, 6.45) is 93.9. The molecule has 2 unspecified atom stereocenters. The molecule has 2 atom stereocenters. The number of phosphoric acid groups is 2. The first-order valence-corrected chi connectivity index (χ1v) is 47.7. The average molecular weight is 1610 g/mol. The highest BCUT2D eigenvalue weighted by Crippen LogP contribution is 2.50. The molecule has 0 aromatic heterocycles. The Morgan fingerprint density at radius 1 is 0.219 bits per heavy atom. The predicted molar refractivity (Wildman–Crippen MR) is 502 cm³/mol. The molecule has 0 radical (unpaired) electrons. The number of allylic oxidation sites excluding steroid dienone is 40. The summed E-state index contributed by atoms with van der Waals surface area (Å²) in [6, 6.07) is 0. The highest BCUT2D eigenvalue weighted by molar-refractivity contribution is 7.58. The van der Waals surface area contributed by atoms with Crippen LogP contribution in [0.25, 0.3) is 0 Å². The lowest BCUT2D eigenvalue weighted by atomic mass is 10.0. The Bertz CT molecular complexity index is 3460. The molecular weight excluding hydrogens is 1440 g/mol. The second kappa shape index (κ2) is 68.9. The van der Waals surface area contributed by atoms with Crippen molar-refractivity contribution >= 4 is 15.6 Å². The van der Waals surface area contributed by atoms with Gasteiger partial charge >= 0.3 is 0 Å². The van der Waals surface area contributed by atoms with Crippen molar-refractivity contribution < 1.29 is 32.6 Å². The summed E-state index contributed by atoms with van der Waals surface area (Å²) >= 11 is 0. The average Bonchev–Trinajstić information content (AvgIpc) is 0.883. The third-order valence-electron chi connectivity index (χ3n) is 21.9. The summed E-state index contributed by atoms with van der Waals surface area (Å²) in [5.74, 6) is 0.158. The van der Waals surface area contributed by atoms with Crippen LogP contribution in [0.2, 0.25) is 0 Å². The summed E-state index contributed by atoms with van der Waals surface area (Å²) in [7, 11) is -10.8. The molecule has 0 fully saturated rings. The van der Waals surface area contributed by atoms with E-state index in [4.69, 9.17) is 0 Å². The van der Waals surface area contributed by atoms with E-state index in [0.29, 0.717) is 6.42 Å². The zero-order chi connectivity index (χ0) is 85.4. The zero-order valence-electron chi connectivity index (χ0n) is 77.6. The normalized spacial score (nSPS) is 16.0. The summed E-state index contributed by atoms with van der Waals surface area (Å²) in [5.41, 5.74) is 29.9. The van der Waals surface area contributed by atoms with Gasteiger partial charge in [0.15, 0.2) is 0 Å². The van der Waals surface area contributed by atoms with Gasteiger partial charge in [-0.15, -0.1) is 0 Å². The molecule has 0 spiro atoms. The lowest BCUT2D eigenvalue weighted by Gasteiger charge is -2.35. The van der Waals surface area contributed by atoms with E-state index in [0.717, 1.165) is 225 Å². The van der Waals surface area contributed by atoms with Crippen molar-refractivity contribution in [1.29, 1.82) is 0 Å². The molecule has 0 rings (SSSR count). The van der Waals surface area contributed by atoms with Gasteiger partial charge in [-0.05, 0) is 415 Å². The van der Waals surface area contributed by atoms with Gasteiger partial charge in [0.25, 0.3) is 7.82 Å². The molecule has 0 amide bonds. The van der Waals surface area contributed by atoms with Crippen LogP contribution in [0.5, 0.6) is 0 Å². The topological polar surface area (TPSA) is 122 Å². The summed E-state index contributed by atoms with van der Waals surface area (Å²) < 4.78 is 30.0. The van der Waals surface area contributed by atoms with Crippen LogP contribution < -0.4 is 14.7 Å². The molecule has 0 aromatic rings. The van der Waals surface area contributed by atoms with Crippen LogP contribution in [-0.2, 0) is 18.0 Å². The van der Waals surface area contributed by atoms with Crippen LogP contribution in [-0.4, -0.2) is 6.61 Å². The van der Waals surface area contributed by atoms with Crippen LogP contribution in [0.3, 0.4) is 0 Å². The van der Waals surface area contributed by atoms with Crippen molar-refractivity contribution in [3.63, 3.8) is 0 Å². The fourth-order valence-corrected chi connectivity index (χ4v) is 15.1. The van der Waals surface area contributed by atoms with E-state index in [1.165, 1.54) is 144 Å². The van der Waals surface area contributed by atoms with E-state index in [-0.39, 0.29) is 12.5 Å². The monoisotopic (exact) mass is 1610 g/mol. The van der Waals surface area contributed by atoms with E-state index >= 15 is 0 Å². The van der Waals surface area contributed by atoms with Gasteiger partial charge in [-0.1, -0.05) is 240 Å². The maximum Gasteiger partial charge on any atom is 0.271 e. The molecule has 646 valence electrons. The Labute approximate surface area is 705 Å². The fourth-order valence-electron chi connectivity index (χ4n) is 13.6. The number of hydrogen-bond donors (Lipinski definition) is 0. The molecule has 0 bridgehead atoms. The molecule has 0 heterocycles. The summed E-state index contributed by atoms with van der Waals surface area (Å²) in [5, 5.41) is 0. The quantitative estimate of drug-likeness (QED) is 0.0439. The zero-order valence-corrected chi connectivity index (χ0v) is 79.4. The Hall–Kier alpha value is -4.94. The summed E-state index contributed by atoms with van der Waals surface area (Å²) in [4.78, 5) is 32.5. The Balaban J connectivity index is 4.37. The van der Waals surface area contributed by atoms with Crippen molar-refractivity contribution in [2.45, 2.75) is 416 Å². The molecule has 7 nitrogen and oxygen atoms in total. The lowest BCUT2D eigenvalue weighted by molar-refractivity contribution is -0.339. The van der Waals surface area contributed by atoms with E-state index < -0.39 is 15.6 Å². The minimum atomic E-state index is -5.66. The Morgan fingerprint density at radius 2 is 0.351 bits per heavy atom. The van der Waals surface area contributed by atoms with Crippen LogP contribution in [0, 0.1) is 5.92 Å². The minimum absolute atomic E-state index is 0.158. The molecule has 0 saturated carbocycles. The van der Waals surface area contributed by atoms with Crippen molar-refractivity contribution in [1.82, 2.24) is 0 Å². The maximum absolute atomic E-state index is 11.4. The second-order valence-electron chi connectivity index (χ2n) is 34.8. The third-order valence-corrected chi connectivity index (χ3v) is 24.0. The maximum atomic E-state index is 11.4. The lowest BCUT2D eigenvalue weighted by Crippen LogP contribution is -2.19. The molecule has 0 aliphatic heterocycles. The van der Waals surface area contributed by atoms with Gasteiger partial charge in [0, 0.05) is 0 Å². The van der Waals surface area contributed by atoms with Crippen molar-refractivity contribution in [2.24, 2.45) is 5.92 Å². The number of rotatable bonds is 66. The van der Waals surface area contributed by atoms with Crippen LogP contribution in [0.15, 0.2) is 233 Å². The Kier molecular flexibility index (Phi) is 65.9. The van der Waals surface area contributed by atoms with Crippen molar-refractivity contribution in [3.05, 3.63) is 233 Å². The second-order valence-corrected chi connectivity index (χ2v) is 37.5. The van der Waals surface area contributed by atoms with Crippen LogP contribution >= 0.6 is 15.6 Å². The largest absolute Gasteiger partial charge is 0.790 e. The van der Waals surface area contributed by atoms with E-state index in [9.17, 15) is 23.8 Å². The van der Waals surface area contributed by atoms with E-state index in [1.54, 1.807) is 0 Å². The molecule has 9 heteroatoms. The summed E-state index contributed by atoms with van der Waals surface area (Å²) in [6.45, 7) is 49.6. The third kappa shape index (κ3) is 73.4. The first-order chi connectivity index (χ1) is 54.0. The van der Waals surface area contributed by atoms with E-state index in [1.807, 2.05) is 6.92 Å². The number of hydrogen-bond acceptors (Lipinski definition) is 7. The highest BCUT2D eigenvalue weighted by atomic mass is 31.3. The first-order valence-electron chi connectivity index (χ1n) is 44.8. The van der Waals surface area contributed by atoms with Gasteiger partial charge in [-0.3, -0.25) is 8.88 Å². The molecule has 114 heavy (non-hydrogen) atoms. The van der Waals surface area contributed by atoms with E-state index in [2.05, 4.69) is 276 Å². The molecule has 0 aromatic carbocycles. The molecule has 0 aliphatic carbocycles. The molecule has 0 saturated heterocycles. The molecule has 0 aliphatic rings. The first kappa shape index (κ1) is 109.